The summed E-state index contributed by atoms with van der Waals surface area (Å²) in [7, 11) is 0. The van der Waals surface area contributed by atoms with Crippen molar-refractivity contribution in [1.82, 2.24) is 4.98 Å². The molecule has 118 valence electrons. The van der Waals surface area contributed by atoms with E-state index in [0.29, 0.717) is 12.2 Å². The van der Waals surface area contributed by atoms with E-state index in [1.54, 1.807) is 52.9 Å². The highest BCUT2D eigenvalue weighted by Gasteiger charge is 2.28. The number of rotatable bonds is 4. The van der Waals surface area contributed by atoms with Crippen LogP contribution in [0.4, 0.5) is 10.5 Å². The fourth-order valence-corrected chi connectivity index (χ4v) is 1.66. The predicted molar refractivity (Wildman–Crippen MR) is 82.0 cm³/mol. The maximum atomic E-state index is 12.3. The van der Waals surface area contributed by atoms with E-state index in [1.165, 1.54) is 4.90 Å². The van der Waals surface area contributed by atoms with Gasteiger partial charge < -0.3 is 15.6 Å². The average molecular weight is 295 g/mol. The number of pyridine rings is 1. The Kier molecular flexibility index (Phi) is 5.31. The van der Waals surface area contributed by atoms with Gasteiger partial charge in [-0.05, 0) is 46.8 Å². The molecule has 1 aromatic heterocycles. The Morgan fingerprint density at radius 3 is 2.33 bits per heavy atom. The molecule has 3 N–H and O–H groups in total. The van der Waals surface area contributed by atoms with Crippen LogP contribution in [0.25, 0.3) is 0 Å². The minimum atomic E-state index is -1.05. The Hall–Kier alpha value is -1.66. The summed E-state index contributed by atoms with van der Waals surface area (Å²) in [6.07, 6.45) is 1.03. The topological polar surface area (TPSA) is 88.7 Å². The number of hydrogen-bond acceptors (Lipinski definition) is 5. The predicted octanol–water partition coefficient (Wildman–Crippen LogP) is 2.05. The molecular weight excluding hydrogens is 270 g/mol. The second-order valence-corrected chi connectivity index (χ2v) is 6.59. The van der Waals surface area contributed by atoms with Crippen LogP contribution in [0.2, 0.25) is 0 Å². The number of aromatic nitrogens is 1. The largest absolute Gasteiger partial charge is 0.443 e. The third kappa shape index (κ3) is 6.10. The van der Waals surface area contributed by atoms with Crippen molar-refractivity contribution in [3.05, 3.63) is 24.0 Å². The Bertz CT molecular complexity index is 472. The van der Waals surface area contributed by atoms with Gasteiger partial charge in [-0.3, -0.25) is 9.88 Å². The summed E-state index contributed by atoms with van der Waals surface area (Å²) < 4.78 is 5.38. The number of nitrogens with zero attached hydrogens (tertiary/aromatic N) is 2. The lowest BCUT2D eigenvalue weighted by molar-refractivity contribution is 0.0480. The van der Waals surface area contributed by atoms with Gasteiger partial charge >= 0.3 is 6.09 Å². The molecule has 0 aliphatic rings. The molecule has 6 nitrogen and oxygen atoms in total. The summed E-state index contributed by atoms with van der Waals surface area (Å²) in [5.41, 5.74) is 5.14. The van der Waals surface area contributed by atoms with E-state index >= 15 is 0 Å². The van der Waals surface area contributed by atoms with E-state index in [2.05, 4.69) is 4.98 Å². The van der Waals surface area contributed by atoms with Gasteiger partial charge in [0.05, 0.1) is 29.7 Å². The Balaban J connectivity index is 3.03. The smallest absolute Gasteiger partial charge is 0.414 e. The number of anilines is 1. The van der Waals surface area contributed by atoms with Crippen molar-refractivity contribution in [3.8, 4) is 0 Å². The second kappa shape index (κ2) is 6.41. The Morgan fingerprint density at radius 1 is 1.33 bits per heavy atom. The Morgan fingerprint density at radius 2 is 1.95 bits per heavy atom. The first-order valence-corrected chi connectivity index (χ1v) is 6.90. The molecule has 1 aromatic rings. The van der Waals surface area contributed by atoms with Crippen LogP contribution in [0.3, 0.4) is 0 Å². The fraction of sp³-hybridized carbons (Fsp3) is 0.600. The van der Waals surface area contributed by atoms with Gasteiger partial charge in [0.1, 0.15) is 5.60 Å². The van der Waals surface area contributed by atoms with Gasteiger partial charge in [-0.1, -0.05) is 0 Å². The van der Waals surface area contributed by atoms with Crippen molar-refractivity contribution in [2.75, 3.05) is 11.4 Å². The van der Waals surface area contributed by atoms with Crippen molar-refractivity contribution >= 4 is 11.8 Å². The SMILES string of the molecule is CC(C)(O)CN(C(=O)OC(C)(C)C)c1ccc(CN)nc1. The molecular formula is C15H25N3O3. The van der Waals surface area contributed by atoms with E-state index in [9.17, 15) is 9.90 Å². The van der Waals surface area contributed by atoms with E-state index in [4.69, 9.17) is 10.5 Å². The van der Waals surface area contributed by atoms with Crippen LogP contribution >= 0.6 is 0 Å². The molecule has 1 amide bonds. The lowest BCUT2D eigenvalue weighted by Gasteiger charge is -2.31. The maximum absolute atomic E-state index is 12.3. The average Bonchev–Trinajstić information content (AvgIpc) is 2.33. The molecule has 0 saturated heterocycles. The van der Waals surface area contributed by atoms with E-state index in [-0.39, 0.29) is 6.54 Å². The normalized spacial score (nSPS) is 12.1. The summed E-state index contributed by atoms with van der Waals surface area (Å²) >= 11 is 0. The Labute approximate surface area is 125 Å². The van der Waals surface area contributed by atoms with Gasteiger partial charge in [-0.25, -0.2) is 4.79 Å². The van der Waals surface area contributed by atoms with Crippen LogP contribution in [0, 0.1) is 0 Å². The van der Waals surface area contributed by atoms with E-state index in [1.807, 2.05) is 0 Å². The standard InChI is InChI=1S/C15H25N3O3/c1-14(2,3)21-13(19)18(10-15(4,5)20)12-7-6-11(8-16)17-9-12/h6-7,9,20H,8,10,16H2,1-5H3. The third-order valence-corrected chi connectivity index (χ3v) is 2.49. The monoisotopic (exact) mass is 295 g/mol. The van der Waals surface area contributed by atoms with Gasteiger partial charge in [0.25, 0.3) is 0 Å². The molecule has 21 heavy (non-hydrogen) atoms. The zero-order valence-corrected chi connectivity index (χ0v) is 13.4. The van der Waals surface area contributed by atoms with Gasteiger partial charge in [0.2, 0.25) is 0 Å². The molecule has 0 bridgehead atoms. The van der Waals surface area contributed by atoms with Gasteiger partial charge in [-0.2, -0.15) is 0 Å². The molecule has 0 fully saturated rings. The highest BCUT2D eigenvalue weighted by Crippen LogP contribution is 2.20. The minimum Gasteiger partial charge on any atom is -0.443 e. The lowest BCUT2D eigenvalue weighted by atomic mass is 10.1. The van der Waals surface area contributed by atoms with Crippen LogP contribution in [0.5, 0.6) is 0 Å². The van der Waals surface area contributed by atoms with Crippen LogP contribution < -0.4 is 10.6 Å². The first kappa shape index (κ1) is 17.4. The molecule has 0 unspecified atom stereocenters. The van der Waals surface area contributed by atoms with Crippen molar-refractivity contribution in [1.29, 1.82) is 0 Å². The van der Waals surface area contributed by atoms with E-state index < -0.39 is 17.3 Å². The molecule has 0 radical (unpaired) electrons. The van der Waals surface area contributed by atoms with Crippen molar-refractivity contribution in [2.45, 2.75) is 52.4 Å². The highest BCUT2D eigenvalue weighted by molar-refractivity contribution is 5.87. The van der Waals surface area contributed by atoms with Crippen molar-refractivity contribution in [2.24, 2.45) is 5.73 Å². The first-order valence-electron chi connectivity index (χ1n) is 6.90. The summed E-state index contributed by atoms with van der Waals surface area (Å²) in [6, 6.07) is 3.49. The molecule has 0 saturated carbocycles. The summed E-state index contributed by atoms with van der Waals surface area (Å²) in [6.45, 7) is 9.08. The number of aliphatic hydroxyl groups is 1. The molecule has 1 rings (SSSR count). The van der Waals surface area contributed by atoms with Gasteiger partial charge in [0, 0.05) is 6.54 Å². The van der Waals surface area contributed by atoms with Crippen LogP contribution in [0.1, 0.15) is 40.3 Å². The molecule has 0 atom stereocenters. The summed E-state index contributed by atoms with van der Waals surface area (Å²) in [5.74, 6) is 0. The third-order valence-electron chi connectivity index (χ3n) is 2.49. The molecule has 0 aliphatic carbocycles. The van der Waals surface area contributed by atoms with Crippen molar-refractivity contribution in [3.63, 3.8) is 0 Å². The number of carbonyl (C=O) groups excluding carboxylic acids is 1. The number of hydrogen-bond donors (Lipinski definition) is 2. The molecule has 0 aromatic carbocycles. The molecule has 0 spiro atoms. The first-order chi connectivity index (χ1) is 9.52. The zero-order chi connectivity index (χ0) is 16.3. The summed E-state index contributed by atoms with van der Waals surface area (Å²) in [5, 5.41) is 10.0. The van der Waals surface area contributed by atoms with Crippen LogP contribution in [-0.4, -0.2) is 33.9 Å². The quantitative estimate of drug-likeness (QED) is 0.887. The fourth-order valence-electron chi connectivity index (χ4n) is 1.66. The minimum absolute atomic E-state index is 0.103. The van der Waals surface area contributed by atoms with Gasteiger partial charge in [-0.15, -0.1) is 0 Å². The number of amides is 1. The highest BCUT2D eigenvalue weighted by atomic mass is 16.6. The lowest BCUT2D eigenvalue weighted by Crippen LogP contribution is -2.44. The molecule has 6 heteroatoms. The van der Waals surface area contributed by atoms with Crippen LogP contribution in [0.15, 0.2) is 18.3 Å². The molecule has 0 aliphatic heterocycles. The van der Waals surface area contributed by atoms with E-state index in [0.717, 1.165) is 5.69 Å². The number of carbonyl (C=O) groups is 1. The van der Waals surface area contributed by atoms with Crippen LogP contribution in [-0.2, 0) is 11.3 Å². The zero-order valence-electron chi connectivity index (χ0n) is 13.4. The van der Waals surface area contributed by atoms with Crippen molar-refractivity contribution < 1.29 is 14.6 Å². The maximum Gasteiger partial charge on any atom is 0.414 e. The number of ether oxygens (including phenoxy) is 1. The summed E-state index contributed by atoms with van der Waals surface area (Å²) in [4.78, 5) is 17.9. The second-order valence-electron chi connectivity index (χ2n) is 6.59. The van der Waals surface area contributed by atoms with Gasteiger partial charge in [0.15, 0.2) is 0 Å². The number of nitrogens with two attached hydrogens (primary N) is 1. The molecule has 1 heterocycles.